The van der Waals surface area contributed by atoms with E-state index in [1.54, 1.807) is 0 Å². The van der Waals surface area contributed by atoms with Gasteiger partial charge in [0.2, 0.25) is 0 Å². The van der Waals surface area contributed by atoms with Gasteiger partial charge in [0.05, 0.1) is 0 Å². The molecule has 0 saturated carbocycles. The van der Waals surface area contributed by atoms with Crippen molar-refractivity contribution >= 4 is 0 Å². The Morgan fingerprint density at radius 3 is 1.00 bits per heavy atom. The summed E-state index contributed by atoms with van der Waals surface area (Å²) in [5, 5.41) is 8.73. The summed E-state index contributed by atoms with van der Waals surface area (Å²) in [6, 6.07) is 0. The minimum atomic E-state index is 0.374. The molecular weight excluding hydrogens is 316 g/mol. The van der Waals surface area contributed by atoms with Crippen molar-refractivity contribution in [3.05, 3.63) is 0 Å². The van der Waals surface area contributed by atoms with Gasteiger partial charge in [-0.2, -0.15) is 0 Å². The van der Waals surface area contributed by atoms with Crippen molar-refractivity contribution in [3.63, 3.8) is 0 Å². The average molecular weight is 369 g/mol. The SMILES string of the molecule is CC[C@H](C)CCCCCCCCCCCCCCCCCCCCCO. The van der Waals surface area contributed by atoms with E-state index in [9.17, 15) is 0 Å². The van der Waals surface area contributed by atoms with Gasteiger partial charge in [0.25, 0.3) is 0 Å². The van der Waals surface area contributed by atoms with Crippen LogP contribution in [0.3, 0.4) is 0 Å². The van der Waals surface area contributed by atoms with Crippen molar-refractivity contribution in [1.82, 2.24) is 0 Å². The Kier molecular flexibility index (Phi) is 23.0. The molecule has 26 heavy (non-hydrogen) atoms. The molecule has 0 aliphatic carbocycles. The van der Waals surface area contributed by atoms with Crippen LogP contribution in [-0.2, 0) is 0 Å². The van der Waals surface area contributed by atoms with E-state index < -0.39 is 0 Å². The molecule has 158 valence electrons. The van der Waals surface area contributed by atoms with Crippen LogP contribution in [-0.4, -0.2) is 11.7 Å². The minimum absolute atomic E-state index is 0.374. The van der Waals surface area contributed by atoms with Crippen LogP contribution < -0.4 is 0 Å². The van der Waals surface area contributed by atoms with Gasteiger partial charge < -0.3 is 5.11 Å². The van der Waals surface area contributed by atoms with Crippen LogP contribution in [0.2, 0.25) is 0 Å². The van der Waals surface area contributed by atoms with Gasteiger partial charge in [0.15, 0.2) is 0 Å². The van der Waals surface area contributed by atoms with E-state index in [2.05, 4.69) is 13.8 Å². The molecule has 0 aromatic heterocycles. The molecule has 1 nitrogen and oxygen atoms in total. The topological polar surface area (TPSA) is 20.2 Å². The third-order valence-electron chi connectivity index (χ3n) is 6.05. The number of hydrogen-bond acceptors (Lipinski definition) is 1. The maximum atomic E-state index is 8.73. The Labute approximate surface area is 166 Å². The molecule has 0 amide bonds. The van der Waals surface area contributed by atoms with Crippen molar-refractivity contribution in [2.75, 3.05) is 6.61 Å². The number of aliphatic hydroxyl groups is 1. The molecule has 0 aromatic carbocycles. The van der Waals surface area contributed by atoms with Crippen LogP contribution in [0.1, 0.15) is 149 Å². The van der Waals surface area contributed by atoms with E-state index in [1.807, 2.05) is 0 Å². The number of rotatable bonds is 22. The van der Waals surface area contributed by atoms with E-state index in [0.717, 1.165) is 12.3 Å². The van der Waals surface area contributed by atoms with Gasteiger partial charge in [-0.25, -0.2) is 0 Å². The molecule has 0 heterocycles. The van der Waals surface area contributed by atoms with Crippen LogP contribution >= 0.6 is 0 Å². The molecule has 0 radical (unpaired) electrons. The first-order valence-corrected chi connectivity index (χ1v) is 12.4. The minimum Gasteiger partial charge on any atom is -0.396 e. The molecule has 0 aliphatic rings. The maximum absolute atomic E-state index is 8.73. The quantitative estimate of drug-likeness (QED) is 0.189. The van der Waals surface area contributed by atoms with Crippen LogP contribution in [0.5, 0.6) is 0 Å². The van der Waals surface area contributed by atoms with Crippen LogP contribution in [0.4, 0.5) is 0 Å². The van der Waals surface area contributed by atoms with Crippen molar-refractivity contribution in [3.8, 4) is 0 Å². The maximum Gasteiger partial charge on any atom is 0.0431 e. The third-order valence-corrected chi connectivity index (χ3v) is 6.05. The fourth-order valence-corrected chi connectivity index (χ4v) is 3.81. The third kappa shape index (κ3) is 22.0. The lowest BCUT2D eigenvalue weighted by atomic mass is 9.99. The van der Waals surface area contributed by atoms with Gasteiger partial charge in [0, 0.05) is 6.61 Å². The summed E-state index contributed by atoms with van der Waals surface area (Å²) in [4.78, 5) is 0. The van der Waals surface area contributed by atoms with E-state index in [1.165, 1.54) is 128 Å². The molecule has 1 atom stereocenters. The Bertz CT molecular complexity index is 238. The predicted molar refractivity (Wildman–Crippen MR) is 119 cm³/mol. The molecular formula is C25H52O. The van der Waals surface area contributed by atoms with Crippen molar-refractivity contribution < 1.29 is 5.11 Å². The lowest BCUT2D eigenvalue weighted by Gasteiger charge is -2.07. The monoisotopic (exact) mass is 368 g/mol. The van der Waals surface area contributed by atoms with E-state index in [-0.39, 0.29) is 0 Å². The van der Waals surface area contributed by atoms with Crippen molar-refractivity contribution in [2.24, 2.45) is 5.92 Å². The highest BCUT2D eigenvalue weighted by molar-refractivity contribution is 4.53. The smallest absolute Gasteiger partial charge is 0.0431 e. The molecule has 0 unspecified atom stereocenters. The summed E-state index contributed by atoms with van der Waals surface area (Å²) in [6.45, 7) is 5.08. The molecule has 0 saturated heterocycles. The van der Waals surface area contributed by atoms with E-state index in [0.29, 0.717) is 6.61 Å². The number of aliphatic hydroxyl groups excluding tert-OH is 1. The average Bonchev–Trinajstić information content (AvgIpc) is 2.66. The van der Waals surface area contributed by atoms with Crippen LogP contribution in [0.25, 0.3) is 0 Å². The zero-order valence-corrected chi connectivity index (χ0v) is 18.6. The zero-order chi connectivity index (χ0) is 19.1. The molecule has 0 spiro atoms. The molecule has 0 aliphatic heterocycles. The van der Waals surface area contributed by atoms with E-state index in [4.69, 9.17) is 5.11 Å². The first kappa shape index (κ1) is 26.0. The summed E-state index contributed by atoms with van der Waals surface area (Å²) >= 11 is 0. The summed E-state index contributed by atoms with van der Waals surface area (Å²) in [7, 11) is 0. The number of unbranched alkanes of at least 4 members (excludes halogenated alkanes) is 18. The molecule has 0 rings (SSSR count). The fraction of sp³-hybridized carbons (Fsp3) is 1.00. The van der Waals surface area contributed by atoms with Gasteiger partial charge in [-0.3, -0.25) is 0 Å². The second-order valence-corrected chi connectivity index (χ2v) is 8.74. The summed E-state index contributed by atoms with van der Waals surface area (Å²) in [5.74, 6) is 0.942. The molecule has 1 heteroatoms. The molecule has 0 bridgehead atoms. The van der Waals surface area contributed by atoms with Crippen LogP contribution in [0.15, 0.2) is 0 Å². The lowest BCUT2D eigenvalue weighted by Crippen LogP contribution is -1.91. The zero-order valence-electron chi connectivity index (χ0n) is 18.6. The first-order chi connectivity index (χ1) is 12.8. The standard InChI is InChI=1S/C25H52O/c1-3-25(2)23-21-19-17-15-13-11-9-7-5-4-6-8-10-12-14-16-18-20-22-24-26/h25-26H,3-24H2,1-2H3/t25-/m0/s1. The lowest BCUT2D eigenvalue weighted by molar-refractivity contribution is 0.282. The first-order valence-electron chi connectivity index (χ1n) is 12.4. The van der Waals surface area contributed by atoms with Gasteiger partial charge in [-0.1, -0.05) is 142 Å². The summed E-state index contributed by atoms with van der Waals surface area (Å²) < 4.78 is 0. The van der Waals surface area contributed by atoms with Gasteiger partial charge in [0.1, 0.15) is 0 Å². The Balaban J connectivity index is 2.99. The highest BCUT2D eigenvalue weighted by Gasteiger charge is 1.98. The van der Waals surface area contributed by atoms with Crippen LogP contribution in [0, 0.1) is 5.92 Å². The Morgan fingerprint density at radius 1 is 0.462 bits per heavy atom. The second kappa shape index (κ2) is 23.0. The fourth-order valence-electron chi connectivity index (χ4n) is 3.81. The highest BCUT2D eigenvalue weighted by Crippen LogP contribution is 2.16. The normalized spacial score (nSPS) is 12.6. The number of hydrogen-bond donors (Lipinski definition) is 1. The highest BCUT2D eigenvalue weighted by atomic mass is 16.2. The summed E-state index contributed by atoms with van der Waals surface area (Å²) in [6.07, 6.45) is 29.6. The Morgan fingerprint density at radius 2 is 0.731 bits per heavy atom. The Hall–Kier alpha value is -0.0400. The van der Waals surface area contributed by atoms with Crippen molar-refractivity contribution in [1.29, 1.82) is 0 Å². The molecule has 0 fully saturated rings. The van der Waals surface area contributed by atoms with Crippen molar-refractivity contribution in [2.45, 2.75) is 149 Å². The predicted octanol–water partition coefficient (Wildman–Crippen LogP) is 8.83. The molecule has 0 aromatic rings. The largest absolute Gasteiger partial charge is 0.396 e. The van der Waals surface area contributed by atoms with Gasteiger partial charge in [-0.15, -0.1) is 0 Å². The van der Waals surface area contributed by atoms with E-state index >= 15 is 0 Å². The summed E-state index contributed by atoms with van der Waals surface area (Å²) in [5.41, 5.74) is 0. The second-order valence-electron chi connectivity index (χ2n) is 8.74. The van der Waals surface area contributed by atoms with Gasteiger partial charge >= 0.3 is 0 Å². The molecule has 1 N–H and O–H groups in total. The van der Waals surface area contributed by atoms with Gasteiger partial charge in [-0.05, 0) is 12.3 Å².